The van der Waals surface area contributed by atoms with Gasteiger partial charge in [-0.1, -0.05) is 31.0 Å². The smallest absolute Gasteiger partial charge is 0.233 e. The minimum atomic E-state index is -0.444. The molecule has 1 saturated carbocycles. The molecule has 0 bridgehead atoms. The highest BCUT2D eigenvalue weighted by atomic mass is 16.5. The fraction of sp³-hybridized carbons (Fsp3) is 0.480. The number of aromatic nitrogens is 1. The van der Waals surface area contributed by atoms with E-state index in [2.05, 4.69) is 27.3 Å². The van der Waals surface area contributed by atoms with Gasteiger partial charge >= 0.3 is 0 Å². The Labute approximate surface area is 184 Å². The van der Waals surface area contributed by atoms with E-state index in [-0.39, 0.29) is 17.9 Å². The fourth-order valence-corrected chi connectivity index (χ4v) is 5.07. The molecule has 2 fully saturated rings. The molecule has 1 aromatic heterocycles. The van der Waals surface area contributed by atoms with Crippen molar-refractivity contribution in [3.8, 4) is 5.75 Å². The van der Waals surface area contributed by atoms with E-state index < -0.39 is 5.41 Å². The summed E-state index contributed by atoms with van der Waals surface area (Å²) < 4.78 is 5.31. The van der Waals surface area contributed by atoms with E-state index in [1.54, 1.807) is 13.3 Å². The number of pyridine rings is 1. The maximum atomic E-state index is 14.0. The Bertz CT molecular complexity index is 918. The molecule has 1 atom stereocenters. The maximum Gasteiger partial charge on any atom is 0.233 e. The van der Waals surface area contributed by atoms with Gasteiger partial charge in [-0.15, -0.1) is 0 Å². The first-order valence-corrected chi connectivity index (χ1v) is 11.2. The molecule has 1 aliphatic carbocycles. The van der Waals surface area contributed by atoms with Crippen LogP contribution < -0.4 is 10.1 Å². The van der Waals surface area contributed by atoms with Crippen molar-refractivity contribution in [1.29, 1.82) is 0 Å². The molecule has 0 spiro atoms. The van der Waals surface area contributed by atoms with Crippen LogP contribution in [0.25, 0.3) is 0 Å². The summed E-state index contributed by atoms with van der Waals surface area (Å²) >= 11 is 0. The lowest BCUT2D eigenvalue weighted by Gasteiger charge is -2.36. The lowest BCUT2D eigenvalue weighted by Crippen LogP contribution is -2.45. The zero-order chi connectivity index (χ0) is 21.8. The van der Waals surface area contributed by atoms with Gasteiger partial charge in [0.15, 0.2) is 0 Å². The van der Waals surface area contributed by atoms with Crippen molar-refractivity contribution in [1.82, 2.24) is 15.2 Å². The Morgan fingerprint density at radius 2 is 1.87 bits per heavy atom. The molecular formula is C25H31N3O3. The summed E-state index contributed by atoms with van der Waals surface area (Å²) in [6.45, 7) is 2.75. The number of rotatable bonds is 6. The quantitative estimate of drug-likeness (QED) is 0.768. The molecule has 2 amide bonds. The van der Waals surface area contributed by atoms with Gasteiger partial charge in [-0.05, 0) is 55.0 Å². The summed E-state index contributed by atoms with van der Waals surface area (Å²) in [4.78, 5) is 31.8. The second-order valence-electron chi connectivity index (χ2n) is 8.68. The van der Waals surface area contributed by atoms with Crippen LogP contribution in [0, 0.1) is 0 Å². The average molecular weight is 422 g/mol. The standard InChI is InChI=1S/C25H31N3O3/c1-18(29)26-16-19-7-12-22(27-17-19)23-6-5-15-28(23)24(30)25(13-3-4-14-25)20-8-10-21(31-2)11-9-20/h7-12,17,23H,3-6,13-16H2,1-2H3,(H,26,29)/t23-/m0/s1. The maximum absolute atomic E-state index is 14.0. The molecular weight excluding hydrogens is 390 g/mol. The number of carbonyl (C=O) groups is 2. The first-order chi connectivity index (χ1) is 15.0. The highest BCUT2D eigenvalue weighted by Crippen LogP contribution is 2.45. The van der Waals surface area contributed by atoms with Crippen LogP contribution in [0.1, 0.15) is 68.3 Å². The van der Waals surface area contributed by atoms with E-state index in [1.165, 1.54) is 6.92 Å². The van der Waals surface area contributed by atoms with E-state index in [0.29, 0.717) is 6.54 Å². The van der Waals surface area contributed by atoms with E-state index in [9.17, 15) is 9.59 Å². The number of nitrogens with one attached hydrogen (secondary N) is 1. The van der Waals surface area contributed by atoms with Gasteiger partial charge in [0.2, 0.25) is 11.8 Å². The van der Waals surface area contributed by atoms with E-state index in [0.717, 1.165) is 67.6 Å². The number of carbonyl (C=O) groups excluding carboxylic acids is 2. The SMILES string of the molecule is COc1ccc(C2(C(=O)N3CCC[C@H]3c3ccc(CNC(C)=O)cn3)CCCC2)cc1. The summed E-state index contributed by atoms with van der Waals surface area (Å²) in [5.74, 6) is 0.991. The molecule has 31 heavy (non-hydrogen) atoms. The van der Waals surface area contributed by atoms with Crippen molar-refractivity contribution >= 4 is 11.8 Å². The highest BCUT2D eigenvalue weighted by Gasteiger charge is 2.47. The van der Waals surface area contributed by atoms with Gasteiger partial charge in [0.25, 0.3) is 0 Å². The number of nitrogens with zero attached hydrogens (tertiary/aromatic N) is 2. The van der Waals surface area contributed by atoms with Crippen molar-refractivity contribution in [2.24, 2.45) is 0 Å². The largest absolute Gasteiger partial charge is 0.497 e. The molecule has 0 radical (unpaired) electrons. The number of ether oxygens (including phenoxy) is 1. The summed E-state index contributed by atoms with van der Waals surface area (Å²) in [5, 5.41) is 2.79. The molecule has 6 nitrogen and oxygen atoms in total. The number of hydrogen-bond donors (Lipinski definition) is 1. The first-order valence-electron chi connectivity index (χ1n) is 11.2. The minimum absolute atomic E-state index is 0.0121. The third-order valence-electron chi connectivity index (χ3n) is 6.75. The van der Waals surface area contributed by atoms with Crippen LogP contribution in [-0.4, -0.2) is 35.4 Å². The van der Waals surface area contributed by atoms with Gasteiger partial charge in [-0.2, -0.15) is 0 Å². The molecule has 1 saturated heterocycles. The van der Waals surface area contributed by atoms with Crippen molar-refractivity contribution in [2.75, 3.05) is 13.7 Å². The zero-order valence-electron chi connectivity index (χ0n) is 18.4. The van der Waals surface area contributed by atoms with Crippen LogP contribution in [-0.2, 0) is 21.5 Å². The molecule has 2 aliphatic rings. The van der Waals surface area contributed by atoms with Crippen LogP contribution in [0.2, 0.25) is 0 Å². The van der Waals surface area contributed by atoms with Gasteiger partial charge in [-0.3, -0.25) is 14.6 Å². The third kappa shape index (κ3) is 4.29. The molecule has 0 unspecified atom stereocenters. The second-order valence-corrected chi connectivity index (χ2v) is 8.68. The topological polar surface area (TPSA) is 71.5 Å². The number of amides is 2. The Morgan fingerprint density at radius 3 is 2.48 bits per heavy atom. The number of hydrogen-bond acceptors (Lipinski definition) is 4. The number of likely N-dealkylation sites (tertiary alicyclic amines) is 1. The van der Waals surface area contributed by atoms with Crippen LogP contribution in [0.4, 0.5) is 0 Å². The summed E-state index contributed by atoms with van der Waals surface area (Å²) in [6, 6.07) is 12.0. The predicted octanol–water partition coefficient (Wildman–Crippen LogP) is 3.90. The van der Waals surface area contributed by atoms with Crippen molar-refractivity contribution in [2.45, 2.75) is 63.5 Å². The Balaban J connectivity index is 1.56. The summed E-state index contributed by atoms with van der Waals surface area (Å²) in [6.07, 6.45) is 7.67. The van der Waals surface area contributed by atoms with Crippen LogP contribution in [0.3, 0.4) is 0 Å². The molecule has 4 rings (SSSR count). The normalized spacial score (nSPS) is 19.9. The molecule has 1 aliphatic heterocycles. The summed E-state index contributed by atoms with van der Waals surface area (Å²) in [7, 11) is 1.66. The molecule has 2 heterocycles. The summed E-state index contributed by atoms with van der Waals surface area (Å²) in [5.41, 5.74) is 2.54. The third-order valence-corrected chi connectivity index (χ3v) is 6.75. The Kier molecular flexibility index (Phi) is 6.25. The predicted molar refractivity (Wildman–Crippen MR) is 119 cm³/mol. The molecule has 1 N–H and O–H groups in total. The highest BCUT2D eigenvalue weighted by molar-refractivity contribution is 5.89. The van der Waals surface area contributed by atoms with Gasteiger partial charge in [0.05, 0.1) is 24.3 Å². The lowest BCUT2D eigenvalue weighted by atomic mass is 9.77. The van der Waals surface area contributed by atoms with Gasteiger partial charge in [-0.25, -0.2) is 0 Å². The minimum Gasteiger partial charge on any atom is -0.497 e. The van der Waals surface area contributed by atoms with Crippen molar-refractivity contribution < 1.29 is 14.3 Å². The fourth-order valence-electron chi connectivity index (χ4n) is 5.07. The zero-order valence-corrected chi connectivity index (χ0v) is 18.4. The Hall–Kier alpha value is -2.89. The average Bonchev–Trinajstić information content (AvgIpc) is 3.48. The van der Waals surface area contributed by atoms with Gasteiger partial charge in [0.1, 0.15) is 5.75 Å². The first kappa shape index (κ1) is 21.3. The van der Waals surface area contributed by atoms with Crippen LogP contribution in [0.15, 0.2) is 42.6 Å². The molecule has 164 valence electrons. The van der Waals surface area contributed by atoms with Crippen LogP contribution in [0.5, 0.6) is 5.75 Å². The monoisotopic (exact) mass is 421 g/mol. The van der Waals surface area contributed by atoms with E-state index in [1.807, 2.05) is 24.3 Å². The van der Waals surface area contributed by atoms with Crippen molar-refractivity contribution in [3.63, 3.8) is 0 Å². The van der Waals surface area contributed by atoms with Crippen molar-refractivity contribution in [3.05, 3.63) is 59.4 Å². The second kappa shape index (κ2) is 9.08. The van der Waals surface area contributed by atoms with Crippen LogP contribution >= 0.6 is 0 Å². The van der Waals surface area contributed by atoms with Gasteiger partial charge < -0.3 is 15.0 Å². The lowest BCUT2D eigenvalue weighted by molar-refractivity contribution is -0.138. The number of benzene rings is 1. The van der Waals surface area contributed by atoms with E-state index in [4.69, 9.17) is 4.74 Å². The molecule has 2 aromatic rings. The van der Waals surface area contributed by atoms with Gasteiger partial charge in [0, 0.05) is 26.2 Å². The van der Waals surface area contributed by atoms with E-state index >= 15 is 0 Å². The number of methoxy groups -OCH3 is 1. The Morgan fingerprint density at radius 1 is 1.13 bits per heavy atom. The molecule has 1 aromatic carbocycles. The molecule has 6 heteroatoms.